The summed E-state index contributed by atoms with van der Waals surface area (Å²) in [6.07, 6.45) is 5.01. The van der Waals surface area contributed by atoms with Crippen molar-refractivity contribution in [2.24, 2.45) is 0 Å². The van der Waals surface area contributed by atoms with Gasteiger partial charge in [0.1, 0.15) is 0 Å². The Labute approximate surface area is 134 Å². The van der Waals surface area contributed by atoms with E-state index in [1.807, 2.05) is 0 Å². The van der Waals surface area contributed by atoms with Gasteiger partial charge < -0.3 is 9.64 Å². The van der Waals surface area contributed by atoms with Crippen LogP contribution in [-0.4, -0.2) is 23.0 Å². The van der Waals surface area contributed by atoms with Gasteiger partial charge in [0, 0.05) is 6.07 Å². The van der Waals surface area contributed by atoms with Gasteiger partial charge in [0.25, 0.3) is 11.6 Å². The standard InChI is InChI=1S/C17H18N2O4/c1-5-7-12(6-2)11-18-14-9-8-13(19(21)22)10-15(14)23-17(3,4)16(18)20/h5-10H,1-2,11H2,3-4H3/b12-7+. The minimum Gasteiger partial charge on any atom is -0.476 e. The molecule has 0 N–H and O–H groups in total. The molecule has 0 saturated heterocycles. The first-order valence-electron chi connectivity index (χ1n) is 7.03. The molecule has 0 saturated carbocycles. The normalized spacial score (nSPS) is 16.3. The summed E-state index contributed by atoms with van der Waals surface area (Å²) in [6.45, 7) is 10.9. The van der Waals surface area contributed by atoms with Gasteiger partial charge in [-0.05, 0) is 25.5 Å². The molecule has 6 heteroatoms. The van der Waals surface area contributed by atoms with Crippen LogP contribution in [0.5, 0.6) is 5.75 Å². The molecular formula is C17H18N2O4. The Morgan fingerprint density at radius 1 is 1.43 bits per heavy atom. The van der Waals surface area contributed by atoms with Crippen molar-refractivity contribution in [3.8, 4) is 5.75 Å². The SMILES string of the molecule is C=C/C=C(\C=C)CN1C(=O)C(C)(C)Oc2cc([N+](=O)[O-])ccc21. The summed E-state index contributed by atoms with van der Waals surface area (Å²) in [4.78, 5) is 24.6. The van der Waals surface area contributed by atoms with Crippen molar-refractivity contribution >= 4 is 17.3 Å². The zero-order valence-corrected chi connectivity index (χ0v) is 13.1. The van der Waals surface area contributed by atoms with Gasteiger partial charge in [0.2, 0.25) is 0 Å². The number of carbonyl (C=O) groups is 1. The zero-order chi connectivity index (χ0) is 17.2. The van der Waals surface area contributed by atoms with Gasteiger partial charge in [-0.15, -0.1) is 0 Å². The first kappa shape index (κ1) is 16.5. The average molecular weight is 314 g/mol. The van der Waals surface area contributed by atoms with Crippen molar-refractivity contribution in [2.45, 2.75) is 19.4 Å². The maximum Gasteiger partial charge on any atom is 0.273 e. The van der Waals surface area contributed by atoms with Crippen LogP contribution in [0.2, 0.25) is 0 Å². The van der Waals surface area contributed by atoms with E-state index in [4.69, 9.17) is 4.74 Å². The van der Waals surface area contributed by atoms with Gasteiger partial charge >= 0.3 is 0 Å². The highest BCUT2D eigenvalue weighted by atomic mass is 16.6. The average Bonchev–Trinajstić information content (AvgIpc) is 2.49. The van der Waals surface area contributed by atoms with E-state index in [0.29, 0.717) is 11.4 Å². The van der Waals surface area contributed by atoms with Crippen molar-refractivity contribution in [1.29, 1.82) is 0 Å². The first-order chi connectivity index (χ1) is 10.8. The molecule has 1 heterocycles. The Bertz CT molecular complexity index is 719. The first-order valence-corrected chi connectivity index (χ1v) is 7.03. The van der Waals surface area contributed by atoms with Crippen LogP contribution in [-0.2, 0) is 4.79 Å². The van der Waals surface area contributed by atoms with E-state index in [1.165, 1.54) is 18.2 Å². The quantitative estimate of drug-likeness (QED) is 0.474. The number of nitrogens with zero attached hydrogens (tertiary/aromatic N) is 2. The lowest BCUT2D eigenvalue weighted by molar-refractivity contribution is -0.385. The molecular weight excluding hydrogens is 296 g/mol. The molecule has 1 amide bonds. The predicted molar refractivity (Wildman–Crippen MR) is 88.6 cm³/mol. The smallest absolute Gasteiger partial charge is 0.273 e. The number of anilines is 1. The van der Waals surface area contributed by atoms with Gasteiger partial charge in [-0.1, -0.05) is 31.4 Å². The number of benzene rings is 1. The van der Waals surface area contributed by atoms with Gasteiger partial charge in [-0.2, -0.15) is 0 Å². The number of nitro groups is 1. The number of non-ortho nitro benzene ring substituents is 1. The summed E-state index contributed by atoms with van der Waals surface area (Å²) in [6, 6.07) is 4.21. The Morgan fingerprint density at radius 3 is 2.70 bits per heavy atom. The summed E-state index contributed by atoms with van der Waals surface area (Å²) < 4.78 is 5.67. The van der Waals surface area contributed by atoms with E-state index >= 15 is 0 Å². The number of ether oxygens (including phenoxy) is 1. The lowest BCUT2D eigenvalue weighted by Gasteiger charge is -2.38. The summed E-state index contributed by atoms with van der Waals surface area (Å²) in [5.41, 5.74) is 0.106. The number of rotatable bonds is 5. The van der Waals surface area contributed by atoms with Crippen LogP contribution in [0.1, 0.15) is 13.8 Å². The minimum atomic E-state index is -1.11. The Kier molecular flexibility index (Phi) is 4.36. The van der Waals surface area contributed by atoms with E-state index in [1.54, 1.807) is 37.0 Å². The molecule has 0 fully saturated rings. The van der Waals surface area contributed by atoms with Crippen LogP contribution >= 0.6 is 0 Å². The maximum absolute atomic E-state index is 12.7. The molecule has 1 aliphatic heterocycles. The highest BCUT2D eigenvalue weighted by Gasteiger charge is 2.41. The zero-order valence-electron chi connectivity index (χ0n) is 13.1. The van der Waals surface area contributed by atoms with Crippen molar-refractivity contribution in [2.75, 3.05) is 11.4 Å². The number of nitro benzene ring substituents is 1. The third-order valence-electron chi connectivity index (χ3n) is 3.51. The number of hydrogen-bond donors (Lipinski definition) is 0. The molecule has 2 rings (SSSR count). The van der Waals surface area contributed by atoms with Crippen LogP contribution in [0.4, 0.5) is 11.4 Å². The molecule has 1 aliphatic rings. The number of hydrogen-bond acceptors (Lipinski definition) is 4. The lowest BCUT2D eigenvalue weighted by atomic mass is 10.0. The summed E-state index contributed by atoms with van der Waals surface area (Å²) in [7, 11) is 0. The molecule has 0 bridgehead atoms. The second-order valence-electron chi connectivity index (χ2n) is 5.59. The van der Waals surface area contributed by atoms with Gasteiger partial charge in [0.15, 0.2) is 11.4 Å². The van der Waals surface area contributed by atoms with Crippen molar-refractivity contribution in [3.63, 3.8) is 0 Å². The largest absolute Gasteiger partial charge is 0.476 e. The van der Waals surface area contributed by atoms with Crippen LogP contribution in [0.25, 0.3) is 0 Å². The second kappa shape index (κ2) is 6.08. The molecule has 1 aromatic carbocycles. The Balaban J connectivity index is 2.52. The Hall–Kier alpha value is -2.89. The summed E-state index contributed by atoms with van der Waals surface area (Å²) in [5.74, 6) is 0.0847. The van der Waals surface area contributed by atoms with E-state index < -0.39 is 10.5 Å². The van der Waals surface area contributed by atoms with Crippen LogP contribution in [0.3, 0.4) is 0 Å². The highest BCUT2D eigenvalue weighted by Crippen LogP contribution is 2.40. The van der Waals surface area contributed by atoms with E-state index in [9.17, 15) is 14.9 Å². The summed E-state index contributed by atoms with van der Waals surface area (Å²) in [5, 5.41) is 10.9. The van der Waals surface area contributed by atoms with Crippen LogP contribution in [0, 0.1) is 10.1 Å². The van der Waals surface area contributed by atoms with Crippen molar-refractivity contribution in [1.82, 2.24) is 0 Å². The molecule has 0 unspecified atom stereocenters. The van der Waals surface area contributed by atoms with Gasteiger partial charge in [0.05, 0.1) is 23.2 Å². The minimum absolute atomic E-state index is 0.0839. The molecule has 6 nitrogen and oxygen atoms in total. The monoisotopic (exact) mass is 314 g/mol. The number of amides is 1. The maximum atomic E-state index is 12.7. The second-order valence-corrected chi connectivity index (χ2v) is 5.59. The van der Waals surface area contributed by atoms with E-state index in [-0.39, 0.29) is 18.1 Å². The molecule has 120 valence electrons. The fourth-order valence-electron chi connectivity index (χ4n) is 2.35. The van der Waals surface area contributed by atoms with Crippen LogP contribution in [0.15, 0.2) is 55.2 Å². The topological polar surface area (TPSA) is 72.7 Å². The molecule has 0 aliphatic carbocycles. The van der Waals surface area contributed by atoms with E-state index in [2.05, 4.69) is 13.2 Å². The molecule has 23 heavy (non-hydrogen) atoms. The van der Waals surface area contributed by atoms with Crippen molar-refractivity contribution in [3.05, 3.63) is 65.3 Å². The third-order valence-corrected chi connectivity index (χ3v) is 3.51. The third kappa shape index (κ3) is 3.15. The lowest BCUT2D eigenvalue weighted by Crippen LogP contribution is -2.53. The van der Waals surface area contributed by atoms with Gasteiger partial charge in [-0.3, -0.25) is 14.9 Å². The molecule has 1 aromatic rings. The molecule has 0 radical (unpaired) electrons. The predicted octanol–water partition coefficient (Wildman–Crippen LogP) is 3.40. The molecule has 0 atom stereocenters. The van der Waals surface area contributed by atoms with Gasteiger partial charge in [-0.25, -0.2) is 0 Å². The number of allylic oxidation sites excluding steroid dienone is 2. The number of fused-ring (bicyclic) bond motifs is 1. The van der Waals surface area contributed by atoms with Crippen LogP contribution < -0.4 is 9.64 Å². The highest BCUT2D eigenvalue weighted by molar-refractivity contribution is 6.03. The fraction of sp³-hybridized carbons (Fsp3) is 0.235. The number of carbonyl (C=O) groups excluding carboxylic acids is 1. The molecule has 0 aromatic heterocycles. The molecule has 0 spiro atoms. The van der Waals surface area contributed by atoms with Crippen molar-refractivity contribution < 1.29 is 14.5 Å². The fourth-order valence-corrected chi connectivity index (χ4v) is 2.35. The summed E-state index contributed by atoms with van der Waals surface area (Å²) >= 11 is 0. The Morgan fingerprint density at radius 2 is 2.13 bits per heavy atom. The van der Waals surface area contributed by atoms with E-state index in [0.717, 1.165) is 5.57 Å².